The summed E-state index contributed by atoms with van der Waals surface area (Å²) in [5.41, 5.74) is 1.14. The number of aromatic nitrogens is 3. The first-order valence-electron chi connectivity index (χ1n) is 4.19. The van der Waals surface area contributed by atoms with Crippen molar-refractivity contribution in [1.29, 1.82) is 0 Å². The molecule has 1 aliphatic heterocycles. The molecule has 0 bridgehead atoms. The molecule has 0 aliphatic carbocycles. The molecule has 2 heterocycles. The van der Waals surface area contributed by atoms with Crippen molar-refractivity contribution in [3.63, 3.8) is 0 Å². The Bertz CT molecular complexity index is 495. The van der Waals surface area contributed by atoms with Crippen LogP contribution >= 0.6 is 15.9 Å². The van der Waals surface area contributed by atoms with Gasteiger partial charge in [0.15, 0.2) is 0 Å². The first kappa shape index (κ1) is 7.99. The van der Waals surface area contributed by atoms with Crippen LogP contribution in [0.4, 0.5) is 0 Å². The van der Waals surface area contributed by atoms with Crippen molar-refractivity contribution in [1.82, 2.24) is 14.8 Å². The molecule has 0 unspecified atom stereocenters. The Hall–Kier alpha value is -1.36. The summed E-state index contributed by atoms with van der Waals surface area (Å²) in [5, 5.41) is 7.78. The van der Waals surface area contributed by atoms with Gasteiger partial charge in [0.05, 0.1) is 6.54 Å². The Morgan fingerprint density at radius 1 is 1.29 bits per heavy atom. The van der Waals surface area contributed by atoms with Gasteiger partial charge in [0.2, 0.25) is 4.73 Å². The molecule has 0 fully saturated rings. The Kier molecular flexibility index (Phi) is 1.61. The van der Waals surface area contributed by atoms with E-state index in [4.69, 9.17) is 4.74 Å². The lowest BCUT2D eigenvalue weighted by Crippen LogP contribution is -2.09. The van der Waals surface area contributed by atoms with E-state index in [0.29, 0.717) is 10.7 Å². The van der Waals surface area contributed by atoms with Gasteiger partial charge in [-0.2, -0.15) is 0 Å². The second-order valence-electron chi connectivity index (χ2n) is 3.05. The van der Waals surface area contributed by atoms with Crippen molar-refractivity contribution in [3.8, 4) is 11.8 Å². The Labute approximate surface area is 88.7 Å². The van der Waals surface area contributed by atoms with E-state index in [2.05, 4.69) is 26.1 Å². The van der Waals surface area contributed by atoms with Crippen molar-refractivity contribution >= 4 is 15.9 Å². The second-order valence-corrected chi connectivity index (χ2v) is 3.76. The molecule has 4 nitrogen and oxygen atoms in total. The molecule has 0 spiro atoms. The molecule has 70 valence electrons. The zero-order chi connectivity index (χ0) is 9.54. The summed E-state index contributed by atoms with van der Waals surface area (Å²) in [6, 6.07) is 8.44. The van der Waals surface area contributed by atoms with Gasteiger partial charge in [-0.05, 0) is 22.0 Å². The highest BCUT2D eigenvalue weighted by atomic mass is 79.9. The third-order valence-corrected chi connectivity index (χ3v) is 2.76. The minimum Gasteiger partial charge on any atom is -0.424 e. The summed E-state index contributed by atoms with van der Waals surface area (Å²) in [5.74, 6) is 0.861. The number of hydrogen-bond acceptors (Lipinski definition) is 3. The van der Waals surface area contributed by atoms with Crippen LogP contribution in [0.15, 0.2) is 29.0 Å². The van der Waals surface area contributed by atoms with Crippen LogP contribution in [0.1, 0.15) is 5.56 Å². The van der Waals surface area contributed by atoms with Crippen LogP contribution in [0.5, 0.6) is 11.8 Å². The summed E-state index contributed by atoms with van der Waals surface area (Å²) >= 11 is 3.31. The van der Waals surface area contributed by atoms with Gasteiger partial charge in [-0.1, -0.05) is 23.3 Å². The SMILES string of the molecule is Brc1nnc2n1Cc1ccccc1O2. The van der Waals surface area contributed by atoms with E-state index in [1.807, 2.05) is 28.8 Å². The predicted molar refractivity (Wildman–Crippen MR) is 53.3 cm³/mol. The molecule has 14 heavy (non-hydrogen) atoms. The van der Waals surface area contributed by atoms with Gasteiger partial charge in [-0.15, -0.1) is 5.10 Å². The van der Waals surface area contributed by atoms with Gasteiger partial charge in [0, 0.05) is 5.56 Å². The summed E-state index contributed by atoms with van der Waals surface area (Å²) in [7, 11) is 0. The highest BCUT2D eigenvalue weighted by Crippen LogP contribution is 2.32. The smallest absolute Gasteiger partial charge is 0.323 e. The number of nitrogens with zero attached hydrogens (tertiary/aromatic N) is 3. The van der Waals surface area contributed by atoms with E-state index >= 15 is 0 Å². The molecule has 0 radical (unpaired) electrons. The van der Waals surface area contributed by atoms with Gasteiger partial charge in [-0.25, -0.2) is 0 Å². The molecule has 1 aromatic carbocycles. The number of para-hydroxylation sites is 1. The topological polar surface area (TPSA) is 39.9 Å². The monoisotopic (exact) mass is 251 g/mol. The summed E-state index contributed by atoms with van der Waals surface area (Å²) in [4.78, 5) is 0. The molecule has 3 rings (SSSR count). The van der Waals surface area contributed by atoms with Crippen LogP contribution < -0.4 is 4.74 Å². The van der Waals surface area contributed by atoms with Gasteiger partial charge < -0.3 is 4.74 Å². The molecule has 2 aromatic rings. The largest absolute Gasteiger partial charge is 0.424 e. The van der Waals surface area contributed by atoms with Crippen molar-refractivity contribution in [2.45, 2.75) is 6.54 Å². The molecular weight excluding hydrogens is 246 g/mol. The number of ether oxygens (including phenoxy) is 1. The van der Waals surface area contributed by atoms with Crippen LogP contribution in [0.3, 0.4) is 0 Å². The number of rotatable bonds is 0. The van der Waals surface area contributed by atoms with E-state index in [1.54, 1.807) is 0 Å². The first-order valence-corrected chi connectivity index (χ1v) is 4.98. The maximum atomic E-state index is 5.56. The Morgan fingerprint density at radius 3 is 3.07 bits per heavy atom. The van der Waals surface area contributed by atoms with Crippen LogP contribution in [-0.2, 0) is 6.54 Å². The summed E-state index contributed by atoms with van der Waals surface area (Å²) in [6.45, 7) is 0.749. The average molecular weight is 252 g/mol. The number of benzene rings is 1. The molecule has 0 saturated carbocycles. The van der Waals surface area contributed by atoms with Crippen LogP contribution in [-0.4, -0.2) is 14.8 Å². The molecule has 0 atom stereocenters. The van der Waals surface area contributed by atoms with Crippen molar-refractivity contribution in [2.75, 3.05) is 0 Å². The molecule has 1 aliphatic rings. The normalized spacial score (nSPS) is 12.9. The second kappa shape index (κ2) is 2.81. The van der Waals surface area contributed by atoms with E-state index in [-0.39, 0.29) is 0 Å². The minimum absolute atomic E-state index is 0.538. The highest BCUT2D eigenvalue weighted by molar-refractivity contribution is 9.10. The van der Waals surface area contributed by atoms with Crippen LogP contribution in [0, 0.1) is 0 Å². The van der Waals surface area contributed by atoms with Gasteiger partial charge in [-0.3, -0.25) is 4.57 Å². The lowest BCUT2D eigenvalue weighted by atomic mass is 10.2. The lowest BCUT2D eigenvalue weighted by molar-refractivity contribution is 0.386. The first-order chi connectivity index (χ1) is 6.84. The van der Waals surface area contributed by atoms with Gasteiger partial charge in [0.1, 0.15) is 5.75 Å². The van der Waals surface area contributed by atoms with E-state index in [0.717, 1.165) is 17.9 Å². The van der Waals surface area contributed by atoms with Gasteiger partial charge in [0.25, 0.3) is 0 Å². The number of hydrogen-bond donors (Lipinski definition) is 0. The zero-order valence-electron chi connectivity index (χ0n) is 7.14. The van der Waals surface area contributed by atoms with Crippen molar-refractivity contribution in [2.24, 2.45) is 0 Å². The Balaban J connectivity index is 2.14. The quantitative estimate of drug-likeness (QED) is 0.615. The average Bonchev–Trinajstić information content (AvgIpc) is 2.57. The van der Waals surface area contributed by atoms with E-state index in [9.17, 15) is 0 Å². The fourth-order valence-electron chi connectivity index (χ4n) is 1.48. The van der Waals surface area contributed by atoms with Crippen molar-refractivity contribution < 1.29 is 4.74 Å². The summed E-state index contributed by atoms with van der Waals surface area (Å²) in [6.07, 6.45) is 0. The molecule has 1 aromatic heterocycles. The standard InChI is InChI=1S/C9H6BrN3O/c10-8-11-12-9-13(8)5-6-3-1-2-4-7(6)14-9/h1-4H,5H2. The molecule has 0 amide bonds. The fraction of sp³-hybridized carbons (Fsp3) is 0.111. The molecule has 5 heteroatoms. The van der Waals surface area contributed by atoms with Crippen LogP contribution in [0.2, 0.25) is 0 Å². The van der Waals surface area contributed by atoms with E-state index < -0.39 is 0 Å². The third-order valence-electron chi connectivity index (χ3n) is 2.17. The number of halogens is 1. The fourth-order valence-corrected chi connectivity index (χ4v) is 1.84. The third kappa shape index (κ3) is 1.05. The summed E-state index contributed by atoms with van der Waals surface area (Å²) < 4.78 is 8.13. The zero-order valence-corrected chi connectivity index (χ0v) is 8.73. The number of fused-ring (bicyclic) bond motifs is 2. The predicted octanol–water partition coefficient (Wildman–Crippen LogP) is 2.19. The molecular formula is C9H6BrN3O. The van der Waals surface area contributed by atoms with Crippen molar-refractivity contribution in [3.05, 3.63) is 34.6 Å². The molecule has 0 N–H and O–H groups in total. The van der Waals surface area contributed by atoms with Gasteiger partial charge >= 0.3 is 6.01 Å². The highest BCUT2D eigenvalue weighted by Gasteiger charge is 2.19. The maximum absolute atomic E-state index is 5.56. The Morgan fingerprint density at radius 2 is 2.14 bits per heavy atom. The minimum atomic E-state index is 0.538. The maximum Gasteiger partial charge on any atom is 0.323 e. The molecule has 0 saturated heterocycles. The van der Waals surface area contributed by atoms with Crippen LogP contribution in [0.25, 0.3) is 0 Å². The van der Waals surface area contributed by atoms with E-state index in [1.165, 1.54) is 0 Å². The lowest BCUT2D eigenvalue weighted by Gasteiger charge is -2.17.